The van der Waals surface area contributed by atoms with Crippen molar-refractivity contribution in [3.05, 3.63) is 40.8 Å². The molecule has 0 spiro atoms. The standard InChI is InChI=1S/C21H23Cl2N7O/c1-12-2-4-29(20-16-9-26-28-19(16)24-11-25-20)10-18(12)30-5-3-17(21(30)31)27-15-7-13(22)6-14(23)8-15/h6-9,11-12,17-18,27H,2-5,10H2,1H3,(H,24,25,26,28)/t12-,17+,18-/m0/s1. The van der Waals surface area contributed by atoms with Crippen LogP contribution in [0.25, 0.3) is 11.0 Å². The second-order valence-electron chi connectivity index (χ2n) is 8.28. The minimum Gasteiger partial charge on any atom is -0.374 e. The molecule has 0 radical (unpaired) electrons. The molecule has 162 valence electrons. The Hall–Kier alpha value is -2.58. The number of hydrogen-bond acceptors (Lipinski definition) is 6. The van der Waals surface area contributed by atoms with Gasteiger partial charge in [0.1, 0.15) is 18.2 Å². The van der Waals surface area contributed by atoms with Crippen LogP contribution in [0.5, 0.6) is 0 Å². The first-order chi connectivity index (χ1) is 15.0. The Morgan fingerprint density at radius 1 is 1.13 bits per heavy atom. The number of rotatable bonds is 4. The van der Waals surface area contributed by atoms with Crippen molar-refractivity contribution in [1.82, 2.24) is 25.1 Å². The number of aromatic nitrogens is 4. The van der Waals surface area contributed by atoms with Crippen LogP contribution in [0.3, 0.4) is 0 Å². The molecule has 2 aliphatic rings. The molecule has 3 aromatic rings. The van der Waals surface area contributed by atoms with Gasteiger partial charge in [0.2, 0.25) is 5.91 Å². The quantitative estimate of drug-likeness (QED) is 0.619. The third kappa shape index (κ3) is 3.90. The summed E-state index contributed by atoms with van der Waals surface area (Å²) in [5.74, 6) is 1.39. The first-order valence-electron chi connectivity index (χ1n) is 10.4. The van der Waals surface area contributed by atoms with Crippen LogP contribution in [0.15, 0.2) is 30.7 Å². The summed E-state index contributed by atoms with van der Waals surface area (Å²) >= 11 is 12.2. The maximum absolute atomic E-state index is 13.3. The number of carbonyl (C=O) groups is 1. The molecule has 2 aromatic heterocycles. The Balaban J connectivity index is 1.33. The van der Waals surface area contributed by atoms with E-state index in [1.54, 1.807) is 30.7 Å². The minimum absolute atomic E-state index is 0.117. The van der Waals surface area contributed by atoms with E-state index in [0.29, 0.717) is 16.0 Å². The number of nitrogens with one attached hydrogen (secondary N) is 2. The highest BCUT2D eigenvalue weighted by Crippen LogP contribution is 2.32. The first kappa shape index (κ1) is 20.3. The number of H-pyrrole nitrogens is 1. The number of aromatic amines is 1. The van der Waals surface area contributed by atoms with Gasteiger partial charge >= 0.3 is 0 Å². The van der Waals surface area contributed by atoms with Crippen LogP contribution in [-0.4, -0.2) is 62.7 Å². The molecule has 10 heteroatoms. The largest absolute Gasteiger partial charge is 0.374 e. The van der Waals surface area contributed by atoms with Gasteiger partial charge < -0.3 is 15.1 Å². The molecular weight excluding hydrogens is 437 g/mol. The zero-order valence-electron chi connectivity index (χ0n) is 17.1. The highest BCUT2D eigenvalue weighted by Gasteiger charge is 2.40. The van der Waals surface area contributed by atoms with Crippen molar-refractivity contribution in [1.29, 1.82) is 0 Å². The fourth-order valence-electron chi connectivity index (χ4n) is 4.65. The summed E-state index contributed by atoms with van der Waals surface area (Å²) in [5, 5.41) is 12.3. The molecule has 0 unspecified atom stereocenters. The molecule has 4 heterocycles. The zero-order chi connectivity index (χ0) is 21.5. The second-order valence-corrected chi connectivity index (χ2v) is 9.16. The Labute approximate surface area is 189 Å². The van der Waals surface area contributed by atoms with Gasteiger partial charge in [-0.3, -0.25) is 9.89 Å². The molecule has 2 saturated heterocycles. The number of hydrogen-bond donors (Lipinski definition) is 2. The number of halogens is 2. The minimum atomic E-state index is -0.281. The highest BCUT2D eigenvalue weighted by molar-refractivity contribution is 6.35. The van der Waals surface area contributed by atoms with Crippen LogP contribution in [-0.2, 0) is 4.79 Å². The van der Waals surface area contributed by atoms with Crippen LogP contribution in [0.4, 0.5) is 11.5 Å². The predicted molar refractivity (Wildman–Crippen MR) is 122 cm³/mol. The van der Waals surface area contributed by atoms with Crippen molar-refractivity contribution < 1.29 is 4.79 Å². The topological polar surface area (TPSA) is 90.0 Å². The Morgan fingerprint density at radius 3 is 2.74 bits per heavy atom. The molecule has 2 fully saturated rings. The van der Waals surface area contributed by atoms with E-state index < -0.39 is 0 Å². The SMILES string of the molecule is C[C@H]1CCN(c2ncnc3[nH]ncc23)C[C@@H]1N1CC[C@@H](Nc2cc(Cl)cc(Cl)c2)C1=O. The van der Waals surface area contributed by atoms with E-state index in [2.05, 4.69) is 37.3 Å². The van der Waals surface area contributed by atoms with Crippen LogP contribution >= 0.6 is 23.2 Å². The lowest BCUT2D eigenvalue weighted by Gasteiger charge is -2.42. The normalized spacial score (nSPS) is 24.2. The number of benzene rings is 1. The van der Waals surface area contributed by atoms with E-state index in [9.17, 15) is 4.79 Å². The van der Waals surface area contributed by atoms with Crippen molar-refractivity contribution in [2.45, 2.75) is 31.8 Å². The molecule has 0 bridgehead atoms. The van der Waals surface area contributed by atoms with E-state index in [1.807, 2.05) is 4.90 Å². The summed E-state index contributed by atoms with van der Waals surface area (Å²) in [4.78, 5) is 26.3. The van der Waals surface area contributed by atoms with Gasteiger partial charge in [-0.15, -0.1) is 0 Å². The maximum Gasteiger partial charge on any atom is 0.245 e. The van der Waals surface area contributed by atoms with Gasteiger partial charge in [0.15, 0.2) is 5.65 Å². The number of carbonyl (C=O) groups excluding carboxylic acids is 1. The average molecular weight is 460 g/mol. The summed E-state index contributed by atoms with van der Waals surface area (Å²) in [6.07, 6.45) is 5.04. The third-order valence-corrected chi connectivity index (χ3v) is 6.73. The van der Waals surface area contributed by atoms with Crippen LogP contribution in [0.2, 0.25) is 10.0 Å². The molecule has 8 nitrogen and oxygen atoms in total. The van der Waals surface area contributed by atoms with Gasteiger partial charge in [-0.1, -0.05) is 30.1 Å². The lowest BCUT2D eigenvalue weighted by molar-refractivity contribution is -0.131. The van der Waals surface area contributed by atoms with Crippen molar-refractivity contribution in [3.8, 4) is 0 Å². The summed E-state index contributed by atoms with van der Waals surface area (Å²) in [6, 6.07) is 5.10. The Bertz CT molecular complexity index is 1100. The summed E-state index contributed by atoms with van der Waals surface area (Å²) in [5.41, 5.74) is 1.49. The van der Waals surface area contributed by atoms with Crippen molar-refractivity contribution in [3.63, 3.8) is 0 Å². The third-order valence-electron chi connectivity index (χ3n) is 6.29. The van der Waals surface area contributed by atoms with Gasteiger partial charge in [0.05, 0.1) is 17.6 Å². The number of fused-ring (bicyclic) bond motifs is 1. The summed E-state index contributed by atoms with van der Waals surface area (Å²) in [7, 11) is 0. The van der Waals surface area contributed by atoms with E-state index in [0.717, 1.165) is 55.0 Å². The van der Waals surface area contributed by atoms with Gasteiger partial charge in [0.25, 0.3) is 0 Å². The molecule has 3 atom stereocenters. The smallest absolute Gasteiger partial charge is 0.245 e. The Morgan fingerprint density at radius 2 is 1.94 bits per heavy atom. The fourth-order valence-corrected chi connectivity index (χ4v) is 5.18. The molecule has 0 saturated carbocycles. The molecule has 31 heavy (non-hydrogen) atoms. The monoisotopic (exact) mass is 459 g/mol. The maximum atomic E-state index is 13.3. The molecule has 1 aromatic carbocycles. The molecule has 0 aliphatic carbocycles. The molecule has 2 N–H and O–H groups in total. The number of piperidine rings is 1. The van der Waals surface area contributed by atoms with Crippen molar-refractivity contribution >= 4 is 51.6 Å². The number of anilines is 2. The lowest BCUT2D eigenvalue weighted by atomic mass is 9.92. The number of amides is 1. The summed E-state index contributed by atoms with van der Waals surface area (Å²) in [6.45, 7) is 4.57. The Kier molecular flexibility index (Phi) is 5.35. The predicted octanol–water partition coefficient (Wildman–Crippen LogP) is 3.59. The van der Waals surface area contributed by atoms with E-state index >= 15 is 0 Å². The van der Waals surface area contributed by atoms with Gasteiger partial charge in [-0.2, -0.15) is 5.10 Å². The fraction of sp³-hybridized carbons (Fsp3) is 0.429. The summed E-state index contributed by atoms with van der Waals surface area (Å²) < 4.78 is 0. The first-order valence-corrected chi connectivity index (χ1v) is 11.2. The van der Waals surface area contributed by atoms with E-state index in [1.165, 1.54) is 0 Å². The van der Waals surface area contributed by atoms with E-state index in [-0.39, 0.29) is 18.0 Å². The van der Waals surface area contributed by atoms with Crippen LogP contribution in [0, 0.1) is 5.92 Å². The van der Waals surface area contributed by atoms with Crippen LogP contribution in [0.1, 0.15) is 19.8 Å². The lowest BCUT2D eigenvalue weighted by Crippen LogP contribution is -2.53. The molecular formula is C21H23Cl2N7O. The number of nitrogens with zero attached hydrogens (tertiary/aromatic N) is 5. The molecule has 2 aliphatic heterocycles. The van der Waals surface area contributed by atoms with Crippen molar-refractivity contribution in [2.24, 2.45) is 5.92 Å². The van der Waals surface area contributed by atoms with E-state index in [4.69, 9.17) is 23.2 Å². The van der Waals surface area contributed by atoms with Gasteiger partial charge in [-0.25, -0.2) is 9.97 Å². The second kappa shape index (κ2) is 8.16. The average Bonchev–Trinajstić information content (AvgIpc) is 3.35. The van der Waals surface area contributed by atoms with Crippen molar-refractivity contribution in [2.75, 3.05) is 29.9 Å². The number of likely N-dealkylation sites (tertiary alicyclic amines) is 1. The zero-order valence-corrected chi connectivity index (χ0v) is 18.6. The molecule has 5 rings (SSSR count). The molecule has 1 amide bonds. The van der Waals surface area contributed by atoms with Gasteiger partial charge in [0, 0.05) is 35.4 Å². The highest BCUT2D eigenvalue weighted by atomic mass is 35.5. The van der Waals surface area contributed by atoms with Gasteiger partial charge in [-0.05, 0) is 37.0 Å². The van der Waals surface area contributed by atoms with Crippen LogP contribution < -0.4 is 10.2 Å².